The van der Waals surface area contributed by atoms with Gasteiger partial charge in [0.1, 0.15) is 90.0 Å². The van der Waals surface area contributed by atoms with E-state index in [0.717, 1.165) is 11.8 Å². The molecule has 140 heavy (non-hydrogen) atoms. The van der Waals surface area contributed by atoms with Crippen LogP contribution in [0.3, 0.4) is 0 Å². The highest BCUT2D eigenvalue weighted by Crippen LogP contribution is 2.25. The SMILES string of the molecule is CC(C)C[C@H](NC(=O)[C@@H](Cc1ccc(O)cc1)NC(=O)CNC(=O)[C@H](Cc1ccccc1)NC(=O)[C@H](Cc1cnc[nH]1)NC(=O)CNC(=O)[C@@H](NC(=O)[C@@H](NC(=O)[C@H](Cc1ccccc1)NC(=O)[C@H](CCCN=C(N)N)NC(=O)[C@@H](N)CCC(N)=O)C(C)(C)S)[C@@H](C)O)C(=O)N[C@@H](Cc1ccc(O)cc1)C(=O)N1CCC[C@H]1C(=O)N[C@@H](CS)C(=O)N[C@@H](CC(N)=O)C(=O)NCC(=O)N1CCC[C@H]1C(=O)O. The number of likely N-dealkylation sites (tertiary alicyclic amines) is 2. The summed E-state index contributed by atoms with van der Waals surface area (Å²) in [7, 11) is 0. The lowest BCUT2D eigenvalue weighted by atomic mass is 9.99. The van der Waals surface area contributed by atoms with E-state index in [2.05, 4.69) is 115 Å². The van der Waals surface area contributed by atoms with E-state index in [0.29, 0.717) is 28.7 Å². The number of carboxylic acid groups (broad SMARTS) is 1. The number of aliphatic carboxylic acids is 1. The fourth-order valence-corrected chi connectivity index (χ4v) is 15.7. The number of guanidine groups is 1. The zero-order chi connectivity index (χ0) is 103. The van der Waals surface area contributed by atoms with Crippen molar-refractivity contribution in [3.8, 4) is 11.5 Å². The number of hydrogen-bond acceptors (Lipinski definition) is 27. The zero-order valence-electron chi connectivity index (χ0n) is 78.0. The Kier molecular flexibility index (Phi) is 44.4. The Morgan fingerprint density at radius 3 is 1.45 bits per heavy atom. The van der Waals surface area contributed by atoms with Crippen LogP contribution < -0.4 is 103 Å². The van der Waals surface area contributed by atoms with Crippen LogP contribution in [0.25, 0.3) is 0 Å². The third-order valence-corrected chi connectivity index (χ3v) is 23.2. The largest absolute Gasteiger partial charge is 0.508 e. The first-order chi connectivity index (χ1) is 66.3. The van der Waals surface area contributed by atoms with Gasteiger partial charge in [0.2, 0.25) is 106 Å². The zero-order valence-corrected chi connectivity index (χ0v) is 79.7. The average Bonchev–Trinajstić information content (AvgIpc) is 1.75. The van der Waals surface area contributed by atoms with Gasteiger partial charge >= 0.3 is 5.97 Å². The van der Waals surface area contributed by atoms with E-state index < -0.39 is 240 Å². The lowest BCUT2D eigenvalue weighted by Crippen LogP contribution is -2.64. The molecule has 2 fully saturated rings. The van der Waals surface area contributed by atoms with E-state index in [1.807, 2.05) is 0 Å². The summed E-state index contributed by atoms with van der Waals surface area (Å²) in [6.07, 6.45) is -0.827. The third kappa shape index (κ3) is 37.1. The number of benzene rings is 4. The van der Waals surface area contributed by atoms with Crippen molar-refractivity contribution in [3.05, 3.63) is 150 Å². The molecule has 2 saturated heterocycles. The van der Waals surface area contributed by atoms with Crippen LogP contribution in [-0.2, 0) is 123 Å². The minimum atomic E-state index is -1.87. The topological polar surface area (TPSA) is 751 Å². The second-order valence-corrected chi connectivity index (χ2v) is 36.4. The highest BCUT2D eigenvalue weighted by molar-refractivity contribution is 7.81. The predicted molar refractivity (Wildman–Crippen MR) is 512 cm³/mol. The van der Waals surface area contributed by atoms with Gasteiger partial charge in [0.05, 0.1) is 44.5 Å². The Hall–Kier alpha value is -14.5. The van der Waals surface area contributed by atoms with E-state index in [-0.39, 0.29) is 132 Å². The Morgan fingerprint density at radius 1 is 0.493 bits per heavy atom. The standard InChI is InChI=1S/C91H126N24O23S2/c1-48(2)35-59(80(128)110-65(39-53-24-28-56(118)29-25-53)88(136)115-34-13-20-67(115)85(133)111-66(46-139)84(132)109-64(41-70(94)120)78(126)101-45-73(123)114-33-14-21-68(114)89(137)138)106-81(129)61(38-52-22-26-55(117)27-23-52)103-71(121)43-99-77(125)60(36-50-15-8-6-9-16-50)107-82(130)63(40-54-42-97-47-102-54)104-72(122)44-100-86(134)74(49(3)116)112-87(135)75(91(4,5)140)113-83(131)62(37-51-17-10-7-11-18-51)108-79(127)58(19-12-32-98-90(95)96)105-76(124)57(92)30-31-69(93)119/h6-11,15-18,22-29,42,47-49,57-68,74-75,116-118,139-140H,12-14,19-21,30-41,43-46,92H2,1-5H3,(H2,93,119)(H2,94,120)(H,97,102)(H,99,125)(H,100,134)(H,101,126)(H,103,121)(H,104,122)(H,105,124)(H,106,129)(H,107,130)(H,108,127)(H,109,132)(H,110,128)(H,111,133)(H,112,135)(H,113,131)(H,137,138)(H4,95,96,98)/t49-,57+,58+,59+,60+,61-,62+,63+,64+,65+,66+,67+,68+,74+,75-/m1/s1. The van der Waals surface area contributed by atoms with Crippen LogP contribution in [0.5, 0.6) is 11.5 Å². The van der Waals surface area contributed by atoms with Gasteiger partial charge in [-0.1, -0.05) is 98.8 Å². The number of aromatic nitrogens is 2. The van der Waals surface area contributed by atoms with Gasteiger partial charge in [-0.3, -0.25) is 91.3 Å². The number of thiol groups is 2. The van der Waals surface area contributed by atoms with E-state index >= 15 is 4.79 Å². The number of aromatic amines is 1. The number of primary amides is 2. The molecule has 0 spiro atoms. The molecule has 5 aromatic rings. The third-order valence-electron chi connectivity index (χ3n) is 22.6. The number of nitrogens with two attached hydrogens (primary N) is 5. The maximum Gasteiger partial charge on any atom is 0.326 e. The number of hydrogen-bond donors (Lipinski definition) is 26. The van der Waals surface area contributed by atoms with Crippen molar-refractivity contribution < 1.29 is 112 Å². The number of aromatic hydroxyl groups is 2. The summed E-state index contributed by atoms with van der Waals surface area (Å²) in [6.45, 7) is 5.04. The number of phenolic OH excluding ortho intramolecular Hbond substituents is 2. The smallest absolute Gasteiger partial charge is 0.326 e. The monoisotopic (exact) mass is 1990 g/mol. The average molecular weight is 1990 g/mol. The summed E-state index contributed by atoms with van der Waals surface area (Å²) in [4.78, 5) is 277. The molecule has 3 heterocycles. The Labute approximate surface area is 817 Å². The number of imidazole rings is 1. The van der Waals surface area contributed by atoms with Gasteiger partial charge in [-0.25, -0.2) is 9.78 Å². The van der Waals surface area contributed by atoms with Crippen molar-refractivity contribution >= 4 is 144 Å². The minimum Gasteiger partial charge on any atom is -0.508 e. The van der Waals surface area contributed by atoms with Crippen LogP contribution in [0, 0.1) is 5.92 Å². The molecule has 0 unspecified atom stereocenters. The number of carboxylic acids is 1. The van der Waals surface area contributed by atoms with Gasteiger partial charge in [-0.05, 0) is 125 Å². The number of rotatable bonds is 55. The first-order valence-corrected chi connectivity index (χ1v) is 46.3. The molecule has 0 saturated carbocycles. The summed E-state index contributed by atoms with van der Waals surface area (Å²) in [5.74, 6) is -19.6. The summed E-state index contributed by atoms with van der Waals surface area (Å²) in [5.41, 5.74) is 29.8. The molecule has 0 bridgehead atoms. The number of nitrogens with one attached hydrogen (secondary N) is 15. The first kappa shape index (κ1) is 113. The number of aliphatic hydroxyl groups excluding tert-OH is 1. The van der Waals surface area contributed by atoms with Crippen LogP contribution in [0.15, 0.2) is 127 Å². The van der Waals surface area contributed by atoms with E-state index in [1.54, 1.807) is 74.5 Å². The lowest BCUT2D eigenvalue weighted by molar-refractivity contribution is -0.148. The highest BCUT2D eigenvalue weighted by Gasteiger charge is 2.44. The molecule has 29 N–H and O–H groups in total. The Balaban J connectivity index is 1.03. The maximum absolute atomic E-state index is 15.1. The minimum absolute atomic E-state index is 0.0230. The number of phenols is 2. The molecule has 15 atom stereocenters. The van der Waals surface area contributed by atoms with Crippen molar-refractivity contribution in [3.63, 3.8) is 0 Å². The molecular weight excluding hydrogens is 1860 g/mol. The predicted octanol–water partition coefficient (Wildman–Crippen LogP) is -6.33. The van der Waals surface area contributed by atoms with Crippen LogP contribution in [0.2, 0.25) is 0 Å². The summed E-state index contributed by atoms with van der Waals surface area (Å²) >= 11 is 8.86. The molecule has 4 aromatic carbocycles. The van der Waals surface area contributed by atoms with Crippen LogP contribution in [0.1, 0.15) is 127 Å². The van der Waals surface area contributed by atoms with Crippen LogP contribution in [-0.4, -0.2) is 299 Å². The molecule has 1 aromatic heterocycles. The van der Waals surface area contributed by atoms with Gasteiger partial charge in [0.15, 0.2) is 5.96 Å². The molecule has 18 amide bonds. The molecule has 2 aliphatic heterocycles. The molecule has 47 nitrogen and oxygen atoms in total. The Bertz CT molecular complexity index is 5170. The fourth-order valence-electron chi connectivity index (χ4n) is 15.2. The maximum atomic E-state index is 15.1. The van der Waals surface area contributed by atoms with Gasteiger partial charge in [0.25, 0.3) is 0 Å². The number of amides is 18. The molecule has 7 rings (SSSR count). The van der Waals surface area contributed by atoms with Crippen molar-refractivity contribution in [1.82, 2.24) is 94.2 Å². The Morgan fingerprint density at radius 2 is 0.943 bits per heavy atom. The van der Waals surface area contributed by atoms with Gasteiger partial charge < -0.3 is 138 Å². The van der Waals surface area contributed by atoms with Gasteiger partial charge in [-0.15, -0.1) is 0 Å². The van der Waals surface area contributed by atoms with Crippen molar-refractivity contribution in [1.29, 1.82) is 0 Å². The molecule has 0 aliphatic carbocycles. The molecule has 0 radical (unpaired) electrons. The number of nitrogens with zero attached hydrogens (tertiary/aromatic N) is 4. The summed E-state index contributed by atoms with van der Waals surface area (Å²) < 4.78 is -1.49. The lowest BCUT2D eigenvalue weighted by Gasteiger charge is -2.33. The summed E-state index contributed by atoms with van der Waals surface area (Å²) in [5, 5.41) is 76.5. The highest BCUT2D eigenvalue weighted by atomic mass is 32.1. The van der Waals surface area contributed by atoms with Crippen molar-refractivity contribution in [2.75, 3.05) is 45.0 Å². The quantitative estimate of drug-likeness (QED) is 0.00745. The molecule has 49 heteroatoms. The fraction of sp³-hybridized carbons (Fsp3) is 0.484. The van der Waals surface area contributed by atoms with E-state index in [4.69, 9.17) is 28.7 Å². The first-order valence-electron chi connectivity index (χ1n) is 45.3. The van der Waals surface area contributed by atoms with Gasteiger partial charge in [0, 0.05) is 80.5 Å². The number of carbonyl (C=O) groups excluding carboxylic acids is 18. The summed E-state index contributed by atoms with van der Waals surface area (Å²) in [6, 6.07) is 6.68. The number of H-pyrrole nitrogens is 1. The molecule has 2 aliphatic rings. The molecule has 760 valence electrons. The van der Waals surface area contributed by atoms with Crippen LogP contribution >= 0.6 is 25.3 Å². The van der Waals surface area contributed by atoms with Crippen LogP contribution in [0.4, 0.5) is 0 Å². The number of carbonyl (C=O) groups is 19. The number of aliphatic hydroxyl groups is 1. The van der Waals surface area contributed by atoms with E-state index in [9.17, 15) is 107 Å². The van der Waals surface area contributed by atoms with Crippen molar-refractivity contribution in [2.24, 2.45) is 39.6 Å². The van der Waals surface area contributed by atoms with E-state index in [1.165, 1.54) is 79.8 Å². The second-order valence-electron chi connectivity index (χ2n) is 34.9. The second kappa shape index (κ2) is 55.2. The normalized spacial score (nSPS) is 16.2. The van der Waals surface area contributed by atoms with Gasteiger partial charge in [-0.2, -0.15) is 25.3 Å². The van der Waals surface area contributed by atoms with Crippen molar-refractivity contribution in [2.45, 2.75) is 226 Å². The molecular formula is C91H126N24O23S2. The number of aliphatic imine (C=N–C) groups is 1.